The maximum absolute atomic E-state index is 12.1. The van der Waals surface area contributed by atoms with Crippen LogP contribution in [0.1, 0.15) is 34.8 Å². The van der Waals surface area contributed by atoms with Gasteiger partial charge in [0, 0.05) is 11.6 Å². The average Bonchev–Trinajstić information content (AvgIpc) is 2.89. The predicted octanol–water partition coefficient (Wildman–Crippen LogP) is 2.57. The zero-order valence-corrected chi connectivity index (χ0v) is 12.1. The fourth-order valence-electron chi connectivity index (χ4n) is 1.88. The number of carbonyl (C=O) groups excluding carboxylic acids is 1. The molecule has 0 aliphatic carbocycles. The Morgan fingerprint density at radius 1 is 1.38 bits per heavy atom. The SMILES string of the molecule is CCCOC(=O)c1cccc(C)c1COc1ccn(O)n1. The lowest BCUT2D eigenvalue weighted by Gasteiger charge is -2.12. The Morgan fingerprint density at radius 3 is 2.86 bits per heavy atom. The predicted molar refractivity (Wildman–Crippen MR) is 75.5 cm³/mol. The topological polar surface area (TPSA) is 73.6 Å². The summed E-state index contributed by atoms with van der Waals surface area (Å²) in [5, 5.41) is 12.8. The lowest BCUT2D eigenvalue weighted by Crippen LogP contribution is -2.12. The van der Waals surface area contributed by atoms with Crippen LogP contribution < -0.4 is 4.74 Å². The van der Waals surface area contributed by atoms with Crippen LogP contribution in [0.4, 0.5) is 0 Å². The standard InChI is InChI=1S/C15H18N2O4/c1-3-9-20-15(18)12-6-4-5-11(2)13(12)10-21-14-7-8-17(19)16-14/h4-8,19H,3,9-10H2,1-2H3. The van der Waals surface area contributed by atoms with E-state index in [-0.39, 0.29) is 18.5 Å². The summed E-state index contributed by atoms with van der Waals surface area (Å²) < 4.78 is 10.7. The van der Waals surface area contributed by atoms with Crippen LogP contribution in [-0.2, 0) is 11.3 Å². The first-order valence-electron chi connectivity index (χ1n) is 6.75. The van der Waals surface area contributed by atoms with Crippen molar-refractivity contribution < 1.29 is 19.5 Å². The van der Waals surface area contributed by atoms with Gasteiger partial charge >= 0.3 is 5.97 Å². The van der Waals surface area contributed by atoms with Crippen LogP contribution in [-0.4, -0.2) is 27.7 Å². The van der Waals surface area contributed by atoms with Crippen LogP contribution in [0.25, 0.3) is 0 Å². The van der Waals surface area contributed by atoms with Gasteiger partial charge in [-0.2, -0.15) is 0 Å². The molecular formula is C15H18N2O4. The van der Waals surface area contributed by atoms with Crippen molar-refractivity contribution in [3.63, 3.8) is 0 Å². The quantitative estimate of drug-likeness (QED) is 0.654. The molecule has 6 heteroatoms. The second-order valence-corrected chi connectivity index (χ2v) is 4.60. The number of nitrogens with zero attached hydrogens (tertiary/aromatic N) is 2. The Morgan fingerprint density at radius 2 is 2.19 bits per heavy atom. The molecule has 112 valence electrons. The highest BCUT2D eigenvalue weighted by atomic mass is 16.5. The number of ether oxygens (including phenoxy) is 2. The number of carbonyl (C=O) groups is 1. The maximum atomic E-state index is 12.1. The van der Waals surface area contributed by atoms with Crippen molar-refractivity contribution in [2.24, 2.45) is 0 Å². The normalized spacial score (nSPS) is 10.4. The van der Waals surface area contributed by atoms with Crippen molar-refractivity contribution in [2.75, 3.05) is 6.61 Å². The summed E-state index contributed by atoms with van der Waals surface area (Å²) in [6.07, 6.45) is 2.14. The molecule has 0 unspecified atom stereocenters. The van der Waals surface area contributed by atoms with Gasteiger partial charge in [-0.1, -0.05) is 24.2 Å². The number of rotatable bonds is 6. The summed E-state index contributed by atoms with van der Waals surface area (Å²) in [4.78, 5) is 12.7. The van der Waals surface area contributed by atoms with E-state index >= 15 is 0 Å². The van der Waals surface area contributed by atoms with Crippen molar-refractivity contribution >= 4 is 5.97 Å². The zero-order valence-electron chi connectivity index (χ0n) is 12.1. The van der Waals surface area contributed by atoms with Crippen molar-refractivity contribution in [1.82, 2.24) is 9.94 Å². The molecule has 0 saturated heterocycles. The third kappa shape index (κ3) is 3.75. The van der Waals surface area contributed by atoms with Gasteiger partial charge in [-0.05, 0) is 25.0 Å². The van der Waals surface area contributed by atoms with Crippen LogP contribution in [0.3, 0.4) is 0 Å². The van der Waals surface area contributed by atoms with Gasteiger partial charge in [0.05, 0.1) is 18.4 Å². The van der Waals surface area contributed by atoms with Crippen molar-refractivity contribution in [3.8, 4) is 5.88 Å². The number of aromatic nitrogens is 2. The lowest BCUT2D eigenvalue weighted by atomic mass is 10.0. The Labute approximate surface area is 122 Å². The third-order valence-electron chi connectivity index (χ3n) is 2.98. The molecule has 1 aromatic heterocycles. The minimum Gasteiger partial charge on any atom is -0.472 e. The fraction of sp³-hybridized carbons (Fsp3) is 0.333. The van der Waals surface area contributed by atoms with Gasteiger partial charge in [-0.3, -0.25) is 0 Å². The molecule has 2 rings (SSSR count). The third-order valence-corrected chi connectivity index (χ3v) is 2.98. The molecule has 2 aromatic rings. The van der Waals surface area contributed by atoms with Gasteiger partial charge in [-0.25, -0.2) is 4.79 Å². The molecule has 0 bridgehead atoms. The Hall–Kier alpha value is -2.50. The maximum Gasteiger partial charge on any atom is 0.338 e. The van der Waals surface area contributed by atoms with Crippen molar-refractivity contribution in [1.29, 1.82) is 0 Å². The summed E-state index contributed by atoms with van der Waals surface area (Å²) in [5.41, 5.74) is 2.18. The van der Waals surface area contributed by atoms with E-state index in [9.17, 15) is 4.79 Å². The van der Waals surface area contributed by atoms with E-state index in [4.69, 9.17) is 14.7 Å². The summed E-state index contributed by atoms with van der Waals surface area (Å²) in [6.45, 7) is 4.42. The molecule has 0 aliphatic heterocycles. The van der Waals surface area contributed by atoms with Gasteiger partial charge in [0.2, 0.25) is 5.88 Å². The Kier molecular flexibility index (Phi) is 4.81. The molecule has 0 atom stereocenters. The second kappa shape index (κ2) is 6.78. The number of benzene rings is 1. The van der Waals surface area contributed by atoms with Crippen LogP contribution in [0.15, 0.2) is 30.5 Å². The Balaban J connectivity index is 2.15. The van der Waals surface area contributed by atoms with E-state index in [0.29, 0.717) is 17.0 Å². The van der Waals surface area contributed by atoms with E-state index in [1.54, 1.807) is 6.07 Å². The van der Waals surface area contributed by atoms with Gasteiger partial charge < -0.3 is 14.7 Å². The average molecular weight is 290 g/mol. The summed E-state index contributed by atoms with van der Waals surface area (Å²) in [5.74, 6) is -0.0690. The van der Waals surface area contributed by atoms with Crippen LogP contribution in [0, 0.1) is 6.92 Å². The molecule has 21 heavy (non-hydrogen) atoms. The molecule has 0 aliphatic rings. The monoisotopic (exact) mass is 290 g/mol. The second-order valence-electron chi connectivity index (χ2n) is 4.60. The summed E-state index contributed by atoms with van der Waals surface area (Å²) in [7, 11) is 0. The lowest BCUT2D eigenvalue weighted by molar-refractivity contribution is 0.0501. The molecule has 0 spiro atoms. The smallest absolute Gasteiger partial charge is 0.338 e. The summed E-state index contributed by atoms with van der Waals surface area (Å²) >= 11 is 0. The highest BCUT2D eigenvalue weighted by molar-refractivity contribution is 5.91. The molecule has 1 N–H and O–H groups in total. The molecule has 1 aromatic carbocycles. The zero-order chi connectivity index (χ0) is 15.2. The van der Waals surface area contributed by atoms with Gasteiger partial charge in [-0.15, -0.1) is 4.85 Å². The molecule has 0 amide bonds. The largest absolute Gasteiger partial charge is 0.472 e. The van der Waals surface area contributed by atoms with Crippen molar-refractivity contribution in [2.45, 2.75) is 26.9 Å². The van der Waals surface area contributed by atoms with Gasteiger partial charge in [0.25, 0.3) is 0 Å². The fourth-order valence-corrected chi connectivity index (χ4v) is 1.88. The van der Waals surface area contributed by atoms with Crippen LogP contribution in [0.5, 0.6) is 5.88 Å². The molecular weight excluding hydrogens is 272 g/mol. The number of hydrogen-bond acceptors (Lipinski definition) is 5. The van der Waals surface area contributed by atoms with Gasteiger partial charge in [0.15, 0.2) is 0 Å². The van der Waals surface area contributed by atoms with E-state index in [0.717, 1.165) is 17.5 Å². The molecule has 0 radical (unpaired) electrons. The summed E-state index contributed by atoms with van der Waals surface area (Å²) in [6, 6.07) is 6.96. The van der Waals surface area contributed by atoms with Gasteiger partial charge in [0.1, 0.15) is 6.61 Å². The number of esters is 1. The molecule has 0 saturated carbocycles. The van der Waals surface area contributed by atoms with Crippen molar-refractivity contribution in [3.05, 3.63) is 47.2 Å². The first-order valence-corrected chi connectivity index (χ1v) is 6.75. The Bertz CT molecular complexity index is 622. The highest BCUT2D eigenvalue weighted by Gasteiger charge is 2.15. The van der Waals surface area contributed by atoms with E-state index < -0.39 is 0 Å². The van der Waals surface area contributed by atoms with E-state index in [1.807, 2.05) is 26.0 Å². The minimum absolute atomic E-state index is 0.181. The first-order chi connectivity index (χ1) is 10.1. The number of hydrogen-bond donors (Lipinski definition) is 1. The molecule has 0 fully saturated rings. The van der Waals surface area contributed by atoms with E-state index in [1.165, 1.54) is 12.3 Å². The number of aryl methyl sites for hydroxylation is 1. The first kappa shape index (κ1) is 14.9. The highest BCUT2D eigenvalue weighted by Crippen LogP contribution is 2.18. The van der Waals surface area contributed by atoms with E-state index in [2.05, 4.69) is 5.10 Å². The molecule has 1 heterocycles. The van der Waals surface area contributed by atoms with Crippen LogP contribution in [0.2, 0.25) is 0 Å². The van der Waals surface area contributed by atoms with Crippen LogP contribution >= 0.6 is 0 Å². The molecule has 6 nitrogen and oxygen atoms in total. The minimum atomic E-state index is -0.355.